The SMILES string of the molecule is CN(C)c1ccc(-c2cn3ncc(F)nc3n2)s1. The topological polar surface area (TPSA) is 46.3 Å². The van der Waals surface area contributed by atoms with Gasteiger partial charge in [-0.2, -0.15) is 14.5 Å². The molecule has 0 atom stereocenters. The standard InChI is InChI=1S/C11H10FN5S/c1-16(2)10-4-3-8(18-10)7-6-17-11(14-7)15-9(12)5-13-17/h3-6H,1-2H3. The Bertz CT molecular complexity index is 702. The van der Waals surface area contributed by atoms with Crippen LogP contribution in [0.2, 0.25) is 0 Å². The van der Waals surface area contributed by atoms with Crippen molar-refractivity contribution >= 4 is 22.1 Å². The van der Waals surface area contributed by atoms with E-state index in [2.05, 4.69) is 15.1 Å². The van der Waals surface area contributed by atoms with Crippen LogP contribution in [0, 0.1) is 5.95 Å². The third-order valence-corrected chi connectivity index (χ3v) is 3.73. The van der Waals surface area contributed by atoms with Crippen molar-refractivity contribution < 1.29 is 4.39 Å². The molecule has 3 heterocycles. The number of thiophene rings is 1. The highest BCUT2D eigenvalue weighted by molar-refractivity contribution is 7.19. The number of hydrogen-bond acceptors (Lipinski definition) is 5. The summed E-state index contributed by atoms with van der Waals surface area (Å²) in [4.78, 5) is 11.0. The Morgan fingerprint density at radius 3 is 2.83 bits per heavy atom. The second-order valence-corrected chi connectivity index (χ2v) is 5.04. The van der Waals surface area contributed by atoms with Crippen molar-refractivity contribution in [3.05, 3.63) is 30.5 Å². The molecule has 0 radical (unpaired) electrons. The van der Waals surface area contributed by atoms with E-state index >= 15 is 0 Å². The lowest BCUT2D eigenvalue weighted by atomic mass is 10.4. The van der Waals surface area contributed by atoms with E-state index in [9.17, 15) is 4.39 Å². The average molecular weight is 263 g/mol. The Morgan fingerprint density at radius 1 is 1.28 bits per heavy atom. The van der Waals surface area contributed by atoms with Gasteiger partial charge in [0, 0.05) is 14.1 Å². The normalized spacial score (nSPS) is 11.1. The first-order chi connectivity index (χ1) is 8.63. The van der Waals surface area contributed by atoms with Gasteiger partial charge in [-0.1, -0.05) is 0 Å². The van der Waals surface area contributed by atoms with E-state index in [4.69, 9.17) is 0 Å². The lowest BCUT2D eigenvalue weighted by molar-refractivity contribution is 0.569. The zero-order chi connectivity index (χ0) is 12.7. The molecule has 3 rings (SSSR count). The fraction of sp³-hybridized carbons (Fsp3) is 0.182. The van der Waals surface area contributed by atoms with Gasteiger partial charge in [0.2, 0.25) is 5.95 Å². The van der Waals surface area contributed by atoms with Crippen molar-refractivity contribution in [2.75, 3.05) is 19.0 Å². The van der Waals surface area contributed by atoms with E-state index in [1.54, 1.807) is 17.5 Å². The second-order valence-electron chi connectivity index (χ2n) is 3.98. The zero-order valence-electron chi connectivity index (χ0n) is 9.83. The number of fused-ring (bicyclic) bond motifs is 1. The molecular weight excluding hydrogens is 253 g/mol. The molecule has 0 aliphatic heterocycles. The van der Waals surface area contributed by atoms with Crippen LogP contribution < -0.4 is 4.90 Å². The monoisotopic (exact) mass is 263 g/mol. The fourth-order valence-electron chi connectivity index (χ4n) is 1.58. The molecule has 5 nitrogen and oxygen atoms in total. The van der Waals surface area contributed by atoms with Gasteiger partial charge in [0.15, 0.2) is 0 Å². The predicted molar refractivity (Wildman–Crippen MR) is 68.4 cm³/mol. The van der Waals surface area contributed by atoms with Crippen LogP contribution >= 0.6 is 11.3 Å². The van der Waals surface area contributed by atoms with Crippen LogP contribution in [0.5, 0.6) is 0 Å². The molecule has 7 heteroatoms. The average Bonchev–Trinajstić information content (AvgIpc) is 2.93. The highest BCUT2D eigenvalue weighted by Crippen LogP contribution is 2.31. The Hall–Kier alpha value is -2.02. The van der Waals surface area contributed by atoms with Gasteiger partial charge in [-0.05, 0) is 12.1 Å². The summed E-state index contributed by atoms with van der Waals surface area (Å²) in [6.45, 7) is 0. The largest absolute Gasteiger partial charge is 0.370 e. The van der Waals surface area contributed by atoms with Crippen LogP contribution in [0.25, 0.3) is 16.3 Å². The van der Waals surface area contributed by atoms with Crippen LogP contribution in [-0.4, -0.2) is 33.7 Å². The summed E-state index contributed by atoms with van der Waals surface area (Å²) in [5.41, 5.74) is 0.749. The maximum atomic E-state index is 12.9. The Balaban J connectivity index is 2.07. The third-order valence-electron chi connectivity index (χ3n) is 2.45. The molecule has 92 valence electrons. The van der Waals surface area contributed by atoms with Gasteiger partial charge in [-0.25, -0.2) is 9.50 Å². The minimum absolute atomic E-state index is 0.268. The molecule has 0 N–H and O–H groups in total. The zero-order valence-corrected chi connectivity index (χ0v) is 10.6. The summed E-state index contributed by atoms with van der Waals surface area (Å²) in [6, 6.07) is 4.00. The molecule has 0 spiro atoms. The predicted octanol–water partition coefficient (Wildman–Crippen LogP) is 2.06. The first-order valence-electron chi connectivity index (χ1n) is 5.29. The van der Waals surface area contributed by atoms with Gasteiger partial charge in [0.1, 0.15) is 11.9 Å². The number of imidazole rings is 1. The molecule has 0 aliphatic rings. The van der Waals surface area contributed by atoms with Crippen molar-refractivity contribution in [3.8, 4) is 10.6 Å². The van der Waals surface area contributed by atoms with E-state index in [0.29, 0.717) is 0 Å². The van der Waals surface area contributed by atoms with Crippen molar-refractivity contribution in [1.82, 2.24) is 19.6 Å². The van der Waals surface area contributed by atoms with Gasteiger partial charge < -0.3 is 4.90 Å². The lowest BCUT2D eigenvalue weighted by Crippen LogP contribution is -2.05. The summed E-state index contributed by atoms with van der Waals surface area (Å²) in [5, 5.41) is 5.01. The van der Waals surface area contributed by atoms with Crippen LogP contribution in [0.3, 0.4) is 0 Å². The number of halogens is 1. The number of nitrogens with zero attached hydrogens (tertiary/aromatic N) is 5. The van der Waals surface area contributed by atoms with Gasteiger partial charge in [0.25, 0.3) is 5.78 Å². The van der Waals surface area contributed by atoms with E-state index in [1.165, 1.54) is 4.52 Å². The van der Waals surface area contributed by atoms with Crippen LogP contribution in [0.1, 0.15) is 0 Å². The summed E-state index contributed by atoms with van der Waals surface area (Å²) in [5.74, 6) is -0.357. The van der Waals surface area contributed by atoms with E-state index in [0.717, 1.165) is 21.8 Å². The summed E-state index contributed by atoms with van der Waals surface area (Å²) < 4.78 is 14.4. The minimum atomic E-state index is -0.625. The molecule has 0 saturated heterocycles. The summed E-state index contributed by atoms with van der Waals surface area (Å²) in [7, 11) is 3.97. The third kappa shape index (κ3) is 1.82. The van der Waals surface area contributed by atoms with Crippen LogP contribution in [-0.2, 0) is 0 Å². The first-order valence-corrected chi connectivity index (χ1v) is 6.10. The highest BCUT2D eigenvalue weighted by atomic mass is 32.1. The smallest absolute Gasteiger partial charge is 0.253 e. The van der Waals surface area contributed by atoms with E-state index < -0.39 is 5.95 Å². The lowest BCUT2D eigenvalue weighted by Gasteiger charge is -2.06. The van der Waals surface area contributed by atoms with Crippen molar-refractivity contribution in [2.45, 2.75) is 0 Å². The van der Waals surface area contributed by atoms with Gasteiger partial charge in [0.05, 0.1) is 16.1 Å². The van der Waals surface area contributed by atoms with Crippen LogP contribution in [0.4, 0.5) is 9.39 Å². The van der Waals surface area contributed by atoms with Gasteiger partial charge in [-0.15, -0.1) is 11.3 Å². The first kappa shape index (κ1) is 11.1. The molecule has 0 amide bonds. The summed E-state index contributed by atoms with van der Waals surface area (Å²) in [6.07, 6.45) is 2.81. The number of anilines is 1. The Labute approximate surface area is 107 Å². The maximum Gasteiger partial charge on any atom is 0.253 e. The van der Waals surface area contributed by atoms with Gasteiger partial charge in [-0.3, -0.25) is 0 Å². The number of aromatic nitrogens is 4. The Kier molecular flexibility index (Phi) is 2.48. The Morgan fingerprint density at radius 2 is 2.11 bits per heavy atom. The molecule has 0 bridgehead atoms. The molecular formula is C11H10FN5S. The van der Waals surface area contributed by atoms with E-state index in [-0.39, 0.29) is 5.78 Å². The molecule has 0 aliphatic carbocycles. The molecule has 0 unspecified atom stereocenters. The van der Waals surface area contributed by atoms with E-state index in [1.807, 2.05) is 31.1 Å². The molecule has 3 aromatic rings. The number of hydrogen-bond donors (Lipinski definition) is 0. The molecule has 0 fully saturated rings. The van der Waals surface area contributed by atoms with Crippen molar-refractivity contribution in [3.63, 3.8) is 0 Å². The second kappa shape index (κ2) is 4.02. The minimum Gasteiger partial charge on any atom is -0.370 e. The quantitative estimate of drug-likeness (QED) is 0.710. The fourth-order valence-corrected chi connectivity index (χ4v) is 2.46. The molecule has 0 aromatic carbocycles. The van der Waals surface area contributed by atoms with Crippen LogP contribution in [0.15, 0.2) is 24.5 Å². The molecule has 0 saturated carbocycles. The van der Waals surface area contributed by atoms with Crippen molar-refractivity contribution in [1.29, 1.82) is 0 Å². The highest BCUT2D eigenvalue weighted by Gasteiger charge is 2.10. The molecule has 18 heavy (non-hydrogen) atoms. The number of rotatable bonds is 2. The molecule has 3 aromatic heterocycles. The summed E-state index contributed by atoms with van der Waals surface area (Å²) >= 11 is 1.61. The maximum absolute atomic E-state index is 12.9. The van der Waals surface area contributed by atoms with Crippen molar-refractivity contribution in [2.24, 2.45) is 0 Å². The van der Waals surface area contributed by atoms with Gasteiger partial charge >= 0.3 is 0 Å².